The molecule has 0 unspecified atom stereocenters. The van der Waals surface area contributed by atoms with Crippen LogP contribution in [0, 0.1) is 13.8 Å². The van der Waals surface area contributed by atoms with Crippen molar-refractivity contribution >= 4 is 11.8 Å². The summed E-state index contributed by atoms with van der Waals surface area (Å²) in [5.74, 6) is -0.584. The van der Waals surface area contributed by atoms with Gasteiger partial charge in [-0.05, 0) is 32.4 Å². The van der Waals surface area contributed by atoms with Gasteiger partial charge in [-0.3, -0.25) is 0 Å². The number of hydrogen-bond donors (Lipinski definition) is 2. The molecule has 5 heteroatoms. The number of ether oxygens (including phenoxy) is 1. The molecule has 104 valence electrons. The van der Waals surface area contributed by atoms with E-state index in [1.54, 1.807) is 13.0 Å². The molecule has 5 nitrogen and oxygen atoms in total. The van der Waals surface area contributed by atoms with Crippen molar-refractivity contribution in [2.24, 2.45) is 0 Å². The van der Waals surface area contributed by atoms with E-state index < -0.39 is 5.97 Å². The van der Waals surface area contributed by atoms with Crippen molar-refractivity contribution in [3.63, 3.8) is 0 Å². The highest BCUT2D eigenvalue weighted by molar-refractivity contribution is 5.94. The number of aromatic nitrogens is 1. The molecule has 0 bridgehead atoms. The van der Waals surface area contributed by atoms with E-state index in [1.807, 2.05) is 13.8 Å². The number of carboxylic acid groups (broad SMARTS) is 1. The lowest BCUT2D eigenvalue weighted by Crippen LogP contribution is -2.15. The number of carbonyl (C=O) groups is 1. The fraction of sp³-hybridized carbons (Fsp3) is 0.429. The summed E-state index contributed by atoms with van der Waals surface area (Å²) in [6.07, 6.45) is 0. The van der Waals surface area contributed by atoms with E-state index in [4.69, 9.17) is 4.74 Å². The van der Waals surface area contributed by atoms with Gasteiger partial charge in [0.25, 0.3) is 0 Å². The third-order valence-electron chi connectivity index (χ3n) is 2.45. The van der Waals surface area contributed by atoms with E-state index in [0.29, 0.717) is 31.1 Å². The van der Waals surface area contributed by atoms with Gasteiger partial charge in [0.2, 0.25) is 0 Å². The van der Waals surface area contributed by atoms with Crippen molar-refractivity contribution in [3.8, 4) is 0 Å². The Bertz CT molecular complexity index is 484. The Balaban J connectivity index is 2.67. The molecule has 1 aromatic heterocycles. The van der Waals surface area contributed by atoms with Crippen molar-refractivity contribution in [3.05, 3.63) is 35.0 Å². The second-order valence-electron chi connectivity index (χ2n) is 4.55. The van der Waals surface area contributed by atoms with Gasteiger partial charge in [0.1, 0.15) is 11.4 Å². The van der Waals surface area contributed by atoms with Gasteiger partial charge < -0.3 is 15.2 Å². The zero-order chi connectivity index (χ0) is 14.4. The van der Waals surface area contributed by atoms with Crippen molar-refractivity contribution in [2.45, 2.75) is 20.8 Å². The second-order valence-corrected chi connectivity index (χ2v) is 4.55. The maximum absolute atomic E-state index is 11.2. The van der Waals surface area contributed by atoms with Gasteiger partial charge >= 0.3 is 5.97 Å². The largest absolute Gasteiger partial charge is 0.478 e. The van der Waals surface area contributed by atoms with Gasteiger partial charge in [0.05, 0.1) is 13.2 Å². The summed E-state index contributed by atoms with van der Waals surface area (Å²) in [4.78, 5) is 15.4. The standard InChI is InChI=1S/C14H20N2O3/c1-9(2)8-19-6-5-15-13-12(14(17)18)10(3)7-11(4)16-13/h7H,1,5-6,8H2,2-4H3,(H,15,16)(H,17,18). The highest BCUT2D eigenvalue weighted by atomic mass is 16.5. The molecule has 0 aliphatic rings. The van der Waals surface area contributed by atoms with Crippen LogP contribution >= 0.6 is 0 Å². The number of aromatic carboxylic acids is 1. The molecule has 19 heavy (non-hydrogen) atoms. The predicted molar refractivity (Wildman–Crippen MR) is 74.8 cm³/mol. The van der Waals surface area contributed by atoms with Gasteiger partial charge in [-0.15, -0.1) is 0 Å². The zero-order valence-electron chi connectivity index (χ0n) is 11.6. The van der Waals surface area contributed by atoms with Crippen LogP contribution in [0.25, 0.3) is 0 Å². The summed E-state index contributed by atoms with van der Waals surface area (Å²) >= 11 is 0. The predicted octanol–water partition coefficient (Wildman–Crippen LogP) is 2.40. The molecule has 0 radical (unpaired) electrons. The number of nitrogens with one attached hydrogen (secondary N) is 1. The van der Waals surface area contributed by atoms with Gasteiger partial charge in [0, 0.05) is 12.2 Å². The summed E-state index contributed by atoms with van der Waals surface area (Å²) in [5.41, 5.74) is 2.65. The summed E-state index contributed by atoms with van der Waals surface area (Å²) in [7, 11) is 0. The van der Waals surface area contributed by atoms with Crippen LogP contribution in [0.1, 0.15) is 28.5 Å². The SMILES string of the molecule is C=C(C)COCCNc1nc(C)cc(C)c1C(=O)O. The molecule has 0 aliphatic heterocycles. The Morgan fingerprint density at radius 2 is 2.21 bits per heavy atom. The number of nitrogens with zero attached hydrogens (tertiary/aromatic N) is 1. The molecule has 1 heterocycles. The Morgan fingerprint density at radius 3 is 2.79 bits per heavy atom. The quantitative estimate of drug-likeness (QED) is 0.584. The van der Waals surface area contributed by atoms with Crippen molar-refractivity contribution < 1.29 is 14.6 Å². The lowest BCUT2D eigenvalue weighted by atomic mass is 10.1. The molecular weight excluding hydrogens is 244 g/mol. The number of pyridine rings is 1. The Labute approximate surface area is 113 Å². The maximum atomic E-state index is 11.2. The van der Waals surface area contributed by atoms with Crippen LogP contribution in [0.15, 0.2) is 18.2 Å². The minimum Gasteiger partial charge on any atom is -0.478 e. The van der Waals surface area contributed by atoms with Crippen molar-refractivity contribution in [1.82, 2.24) is 4.98 Å². The Hall–Kier alpha value is -1.88. The van der Waals surface area contributed by atoms with Crippen LogP contribution in [0.5, 0.6) is 0 Å². The van der Waals surface area contributed by atoms with Gasteiger partial charge in [-0.2, -0.15) is 0 Å². The average Bonchev–Trinajstić information content (AvgIpc) is 2.26. The first-order valence-corrected chi connectivity index (χ1v) is 6.09. The number of anilines is 1. The van der Waals surface area contributed by atoms with Crippen LogP contribution in [0.4, 0.5) is 5.82 Å². The molecular formula is C14H20N2O3. The molecule has 1 rings (SSSR count). The van der Waals surface area contributed by atoms with E-state index in [2.05, 4.69) is 16.9 Å². The molecule has 0 aliphatic carbocycles. The minimum absolute atomic E-state index is 0.213. The number of carboxylic acids is 1. The lowest BCUT2D eigenvalue weighted by Gasteiger charge is -2.12. The molecule has 0 spiro atoms. The van der Waals surface area contributed by atoms with Crippen LogP contribution in [-0.2, 0) is 4.74 Å². The molecule has 1 aromatic rings. The first kappa shape index (κ1) is 15.2. The van der Waals surface area contributed by atoms with Gasteiger partial charge in [-0.25, -0.2) is 9.78 Å². The topological polar surface area (TPSA) is 71.5 Å². The van der Waals surface area contributed by atoms with Crippen LogP contribution < -0.4 is 5.32 Å². The maximum Gasteiger partial charge on any atom is 0.339 e. The second kappa shape index (κ2) is 6.89. The first-order chi connectivity index (χ1) is 8.91. The number of hydrogen-bond acceptors (Lipinski definition) is 4. The lowest BCUT2D eigenvalue weighted by molar-refractivity contribution is 0.0696. The summed E-state index contributed by atoms with van der Waals surface area (Å²) in [6, 6.07) is 1.76. The number of aryl methyl sites for hydroxylation is 2. The molecule has 0 fully saturated rings. The zero-order valence-corrected chi connectivity index (χ0v) is 11.6. The Morgan fingerprint density at radius 1 is 1.53 bits per heavy atom. The fourth-order valence-corrected chi connectivity index (χ4v) is 1.72. The highest BCUT2D eigenvalue weighted by Crippen LogP contribution is 2.18. The van der Waals surface area contributed by atoms with E-state index in [9.17, 15) is 9.90 Å². The minimum atomic E-state index is -0.977. The Kier molecular flexibility index (Phi) is 5.51. The molecule has 0 aromatic carbocycles. The van der Waals surface area contributed by atoms with Crippen molar-refractivity contribution in [2.75, 3.05) is 25.1 Å². The van der Waals surface area contributed by atoms with E-state index >= 15 is 0 Å². The molecule has 0 saturated heterocycles. The molecule has 0 atom stereocenters. The molecule has 0 saturated carbocycles. The summed E-state index contributed by atoms with van der Waals surface area (Å²) in [6.45, 7) is 10.7. The average molecular weight is 264 g/mol. The van der Waals surface area contributed by atoms with E-state index in [1.165, 1.54) is 0 Å². The monoisotopic (exact) mass is 264 g/mol. The third kappa shape index (κ3) is 4.71. The van der Waals surface area contributed by atoms with Crippen LogP contribution in [0.2, 0.25) is 0 Å². The van der Waals surface area contributed by atoms with Gasteiger partial charge in [-0.1, -0.05) is 12.2 Å². The molecule has 2 N–H and O–H groups in total. The highest BCUT2D eigenvalue weighted by Gasteiger charge is 2.15. The smallest absolute Gasteiger partial charge is 0.339 e. The summed E-state index contributed by atoms with van der Waals surface area (Å²) in [5, 5.41) is 12.2. The fourth-order valence-electron chi connectivity index (χ4n) is 1.72. The van der Waals surface area contributed by atoms with E-state index in [0.717, 1.165) is 11.3 Å². The normalized spacial score (nSPS) is 10.3. The van der Waals surface area contributed by atoms with Crippen LogP contribution in [-0.4, -0.2) is 35.8 Å². The third-order valence-corrected chi connectivity index (χ3v) is 2.45. The first-order valence-electron chi connectivity index (χ1n) is 6.09. The summed E-state index contributed by atoms with van der Waals surface area (Å²) < 4.78 is 5.34. The van der Waals surface area contributed by atoms with Crippen molar-refractivity contribution in [1.29, 1.82) is 0 Å². The number of rotatable bonds is 7. The van der Waals surface area contributed by atoms with Gasteiger partial charge in [0.15, 0.2) is 0 Å². The van der Waals surface area contributed by atoms with E-state index in [-0.39, 0.29) is 5.56 Å². The van der Waals surface area contributed by atoms with Crippen LogP contribution in [0.3, 0.4) is 0 Å². The molecule has 0 amide bonds.